The third-order valence-electron chi connectivity index (χ3n) is 4.60. The first-order valence-corrected chi connectivity index (χ1v) is 5.98. The van der Waals surface area contributed by atoms with Crippen molar-refractivity contribution in [1.29, 1.82) is 5.26 Å². The smallest absolute Gasteiger partial charge is 0.0628 e. The van der Waals surface area contributed by atoms with Crippen LogP contribution in [0.1, 0.15) is 53.4 Å². The topological polar surface area (TPSA) is 23.8 Å². The Hall–Kier alpha value is -0.770. The molecule has 84 valence electrons. The van der Waals surface area contributed by atoms with E-state index in [1.165, 1.54) is 19.3 Å². The molecule has 0 aromatic heterocycles. The summed E-state index contributed by atoms with van der Waals surface area (Å²) in [4.78, 5) is 0. The summed E-state index contributed by atoms with van der Waals surface area (Å²) in [7, 11) is 0. The molecule has 1 fully saturated rings. The molecule has 1 heteroatoms. The fourth-order valence-electron chi connectivity index (χ4n) is 3.05. The first kappa shape index (κ1) is 12.3. The zero-order valence-corrected chi connectivity index (χ0v) is 10.5. The van der Waals surface area contributed by atoms with Crippen molar-refractivity contribution in [3.63, 3.8) is 0 Å². The first-order valence-electron chi connectivity index (χ1n) is 5.98. The van der Waals surface area contributed by atoms with Gasteiger partial charge < -0.3 is 0 Å². The Labute approximate surface area is 94.2 Å². The van der Waals surface area contributed by atoms with Gasteiger partial charge in [0.25, 0.3) is 0 Å². The van der Waals surface area contributed by atoms with E-state index in [1.54, 1.807) is 0 Å². The molecule has 15 heavy (non-hydrogen) atoms. The Kier molecular flexibility index (Phi) is 3.60. The van der Waals surface area contributed by atoms with Crippen LogP contribution in [0, 0.1) is 28.1 Å². The zero-order chi connectivity index (χ0) is 11.5. The van der Waals surface area contributed by atoms with Crippen LogP contribution in [0.3, 0.4) is 0 Å². The van der Waals surface area contributed by atoms with Gasteiger partial charge in [0, 0.05) is 6.42 Å². The number of nitriles is 1. The summed E-state index contributed by atoms with van der Waals surface area (Å²) in [5.41, 5.74) is 0.670. The number of hydrogen-bond donors (Lipinski definition) is 0. The van der Waals surface area contributed by atoms with E-state index < -0.39 is 0 Å². The van der Waals surface area contributed by atoms with Gasteiger partial charge in [0.15, 0.2) is 0 Å². The molecule has 1 aliphatic carbocycles. The maximum Gasteiger partial charge on any atom is 0.0628 e. The summed E-state index contributed by atoms with van der Waals surface area (Å²) in [6, 6.07) is 2.34. The monoisotopic (exact) mass is 205 g/mol. The standard InChI is InChI=1S/C14H23N/c1-5-7-12(8-11-15)14(4)10-6-9-13(14,2)3/h5,7,12H,6,8-10H2,1-4H3/b7-5+. The molecule has 0 aliphatic heterocycles. The van der Waals surface area contributed by atoms with E-state index in [4.69, 9.17) is 5.26 Å². The summed E-state index contributed by atoms with van der Waals surface area (Å²) in [5, 5.41) is 8.92. The molecule has 0 N–H and O–H groups in total. The van der Waals surface area contributed by atoms with Crippen molar-refractivity contribution in [3.05, 3.63) is 12.2 Å². The summed E-state index contributed by atoms with van der Waals surface area (Å²) in [6.45, 7) is 9.12. The molecule has 0 spiro atoms. The Morgan fingerprint density at radius 1 is 1.33 bits per heavy atom. The van der Waals surface area contributed by atoms with Gasteiger partial charge in [-0.25, -0.2) is 0 Å². The molecule has 0 heterocycles. The Balaban J connectivity index is 2.95. The lowest BCUT2D eigenvalue weighted by atomic mass is 9.61. The molecular weight excluding hydrogens is 182 g/mol. The van der Waals surface area contributed by atoms with E-state index in [1.807, 2.05) is 0 Å². The number of hydrogen-bond acceptors (Lipinski definition) is 1. The van der Waals surface area contributed by atoms with E-state index in [-0.39, 0.29) is 0 Å². The van der Waals surface area contributed by atoms with Crippen LogP contribution in [0.15, 0.2) is 12.2 Å². The van der Waals surface area contributed by atoms with E-state index in [2.05, 4.69) is 45.9 Å². The SMILES string of the molecule is C/C=C/C(CC#N)C1(C)CCCC1(C)C. The minimum absolute atomic E-state index is 0.301. The van der Waals surface area contributed by atoms with Crippen molar-refractivity contribution >= 4 is 0 Å². The van der Waals surface area contributed by atoms with Crippen molar-refractivity contribution < 1.29 is 0 Å². The fourth-order valence-corrected chi connectivity index (χ4v) is 3.05. The molecule has 0 aromatic carbocycles. The lowest BCUT2D eigenvalue weighted by molar-refractivity contribution is 0.0804. The predicted molar refractivity (Wildman–Crippen MR) is 64.3 cm³/mol. The van der Waals surface area contributed by atoms with Crippen LogP contribution in [0.2, 0.25) is 0 Å². The van der Waals surface area contributed by atoms with E-state index in [9.17, 15) is 0 Å². The third kappa shape index (κ3) is 2.09. The van der Waals surface area contributed by atoms with Crippen molar-refractivity contribution in [2.75, 3.05) is 0 Å². The van der Waals surface area contributed by atoms with E-state index >= 15 is 0 Å². The first-order chi connectivity index (χ1) is 6.98. The second-order valence-corrected chi connectivity index (χ2v) is 5.65. The molecule has 0 saturated heterocycles. The Bertz CT molecular complexity index is 282. The second-order valence-electron chi connectivity index (χ2n) is 5.65. The van der Waals surface area contributed by atoms with Crippen LogP contribution in [0.5, 0.6) is 0 Å². The van der Waals surface area contributed by atoms with Crippen LogP contribution in [-0.2, 0) is 0 Å². The zero-order valence-electron chi connectivity index (χ0n) is 10.5. The molecule has 0 aromatic rings. The molecule has 1 saturated carbocycles. The van der Waals surface area contributed by atoms with Crippen LogP contribution >= 0.6 is 0 Å². The highest BCUT2D eigenvalue weighted by Crippen LogP contribution is 2.57. The maximum atomic E-state index is 8.92. The quantitative estimate of drug-likeness (QED) is 0.630. The summed E-state index contributed by atoms with van der Waals surface area (Å²) < 4.78 is 0. The number of rotatable bonds is 3. The molecule has 1 nitrogen and oxygen atoms in total. The lowest BCUT2D eigenvalue weighted by Crippen LogP contribution is -2.36. The third-order valence-corrected chi connectivity index (χ3v) is 4.60. The Morgan fingerprint density at radius 3 is 2.40 bits per heavy atom. The molecular formula is C14H23N. The number of allylic oxidation sites excluding steroid dienone is 2. The second kappa shape index (κ2) is 4.39. The van der Waals surface area contributed by atoms with E-state index in [0.717, 1.165) is 0 Å². The van der Waals surface area contributed by atoms with Crippen molar-refractivity contribution in [2.45, 2.75) is 53.4 Å². The van der Waals surface area contributed by atoms with Crippen LogP contribution < -0.4 is 0 Å². The molecule has 0 radical (unpaired) electrons. The fraction of sp³-hybridized carbons (Fsp3) is 0.786. The largest absolute Gasteiger partial charge is 0.198 e. The maximum absolute atomic E-state index is 8.92. The van der Waals surface area contributed by atoms with Crippen molar-refractivity contribution in [1.82, 2.24) is 0 Å². The molecule has 0 bridgehead atoms. The highest BCUT2D eigenvalue weighted by molar-refractivity contribution is 5.07. The minimum Gasteiger partial charge on any atom is -0.198 e. The molecule has 1 aliphatic rings. The van der Waals surface area contributed by atoms with Gasteiger partial charge in [-0.15, -0.1) is 0 Å². The van der Waals surface area contributed by atoms with E-state index in [0.29, 0.717) is 23.2 Å². The summed E-state index contributed by atoms with van der Waals surface area (Å²) in [6.07, 6.45) is 8.85. The minimum atomic E-state index is 0.301. The van der Waals surface area contributed by atoms with Crippen LogP contribution in [0.4, 0.5) is 0 Å². The average molecular weight is 205 g/mol. The summed E-state index contributed by atoms with van der Waals surface area (Å²) in [5.74, 6) is 0.421. The van der Waals surface area contributed by atoms with Crippen molar-refractivity contribution in [3.8, 4) is 6.07 Å². The Morgan fingerprint density at radius 2 is 2.00 bits per heavy atom. The van der Waals surface area contributed by atoms with Gasteiger partial charge >= 0.3 is 0 Å². The van der Waals surface area contributed by atoms with Gasteiger partial charge in [-0.1, -0.05) is 39.3 Å². The van der Waals surface area contributed by atoms with Gasteiger partial charge in [0.1, 0.15) is 0 Å². The lowest BCUT2D eigenvalue weighted by Gasteiger charge is -2.43. The normalized spacial score (nSPS) is 31.7. The van der Waals surface area contributed by atoms with Gasteiger partial charge in [0.05, 0.1) is 6.07 Å². The molecule has 2 atom stereocenters. The van der Waals surface area contributed by atoms with Gasteiger partial charge in [-0.05, 0) is 36.5 Å². The highest BCUT2D eigenvalue weighted by Gasteiger charge is 2.48. The van der Waals surface area contributed by atoms with Crippen LogP contribution in [-0.4, -0.2) is 0 Å². The number of nitrogens with zero attached hydrogens (tertiary/aromatic N) is 1. The van der Waals surface area contributed by atoms with Gasteiger partial charge in [0.2, 0.25) is 0 Å². The van der Waals surface area contributed by atoms with Crippen LogP contribution in [0.25, 0.3) is 0 Å². The van der Waals surface area contributed by atoms with Gasteiger partial charge in [-0.2, -0.15) is 5.26 Å². The van der Waals surface area contributed by atoms with Gasteiger partial charge in [-0.3, -0.25) is 0 Å². The molecule has 1 rings (SSSR count). The average Bonchev–Trinajstić information content (AvgIpc) is 2.42. The highest BCUT2D eigenvalue weighted by atomic mass is 14.5. The summed E-state index contributed by atoms with van der Waals surface area (Å²) >= 11 is 0. The van der Waals surface area contributed by atoms with Crippen molar-refractivity contribution in [2.24, 2.45) is 16.7 Å². The molecule has 2 unspecified atom stereocenters. The molecule has 0 amide bonds. The predicted octanol–water partition coefficient (Wildman–Crippen LogP) is 4.31.